The first-order valence-corrected chi connectivity index (χ1v) is 9.87. The summed E-state index contributed by atoms with van der Waals surface area (Å²) in [6, 6.07) is 11.7. The van der Waals surface area contributed by atoms with Crippen LogP contribution < -0.4 is 15.4 Å². The number of rotatable bonds is 8. The number of aliphatic imine (C=N–C) groups is 1. The molecule has 0 amide bonds. The lowest BCUT2D eigenvalue weighted by atomic mass is 10.2. The highest BCUT2D eigenvalue weighted by molar-refractivity contribution is 5.79. The van der Waals surface area contributed by atoms with Crippen molar-refractivity contribution in [1.29, 1.82) is 0 Å². The fourth-order valence-corrected chi connectivity index (χ4v) is 2.98. The molecule has 3 aromatic rings. The van der Waals surface area contributed by atoms with E-state index in [1.807, 2.05) is 23.7 Å². The molecule has 0 aliphatic heterocycles. The zero-order chi connectivity index (χ0) is 21.3. The average molecular weight is 410 g/mol. The molecule has 0 saturated heterocycles. The molecule has 0 fully saturated rings. The highest BCUT2D eigenvalue weighted by atomic mass is 19.1. The molecule has 7 nitrogen and oxygen atoms in total. The summed E-state index contributed by atoms with van der Waals surface area (Å²) < 4.78 is 20.7. The summed E-state index contributed by atoms with van der Waals surface area (Å²) in [7, 11) is 1.74. The first-order valence-electron chi connectivity index (χ1n) is 9.87. The van der Waals surface area contributed by atoms with Gasteiger partial charge in [0.1, 0.15) is 11.6 Å². The van der Waals surface area contributed by atoms with E-state index in [0.29, 0.717) is 18.2 Å². The fourth-order valence-electron chi connectivity index (χ4n) is 2.98. The first kappa shape index (κ1) is 21.3. The minimum atomic E-state index is -0.304. The largest absolute Gasteiger partial charge is 0.439 e. The van der Waals surface area contributed by atoms with E-state index in [2.05, 4.69) is 38.7 Å². The minimum absolute atomic E-state index is 0.304. The Kier molecular flexibility index (Phi) is 7.37. The van der Waals surface area contributed by atoms with Gasteiger partial charge < -0.3 is 15.4 Å². The predicted octanol–water partition coefficient (Wildman–Crippen LogP) is 3.58. The number of benzene rings is 1. The van der Waals surface area contributed by atoms with Crippen molar-refractivity contribution in [2.45, 2.75) is 33.4 Å². The van der Waals surface area contributed by atoms with Crippen LogP contribution in [0.3, 0.4) is 0 Å². The van der Waals surface area contributed by atoms with E-state index in [1.165, 1.54) is 17.8 Å². The molecule has 1 aromatic carbocycles. The number of aromatic nitrogens is 3. The van der Waals surface area contributed by atoms with Crippen molar-refractivity contribution in [3.8, 4) is 11.6 Å². The number of ether oxygens (including phenoxy) is 1. The first-order chi connectivity index (χ1) is 14.5. The Morgan fingerprint density at radius 3 is 2.63 bits per heavy atom. The number of guanidine groups is 1. The molecule has 0 unspecified atom stereocenters. The summed E-state index contributed by atoms with van der Waals surface area (Å²) in [6.45, 7) is 6.28. The van der Waals surface area contributed by atoms with Gasteiger partial charge in [-0.25, -0.2) is 9.37 Å². The highest BCUT2D eigenvalue weighted by Crippen LogP contribution is 2.20. The Labute approximate surface area is 176 Å². The third-order valence-electron chi connectivity index (χ3n) is 4.46. The lowest BCUT2D eigenvalue weighted by Gasteiger charge is -2.13. The molecular weight excluding hydrogens is 383 g/mol. The van der Waals surface area contributed by atoms with Crippen LogP contribution in [0.15, 0.2) is 53.7 Å². The van der Waals surface area contributed by atoms with Crippen LogP contribution >= 0.6 is 0 Å². The molecule has 2 heterocycles. The van der Waals surface area contributed by atoms with Crippen molar-refractivity contribution in [3.05, 3.63) is 71.4 Å². The van der Waals surface area contributed by atoms with E-state index in [9.17, 15) is 4.39 Å². The van der Waals surface area contributed by atoms with Gasteiger partial charge in [-0.15, -0.1) is 0 Å². The fraction of sp³-hybridized carbons (Fsp3) is 0.318. The van der Waals surface area contributed by atoms with Crippen LogP contribution in [0.4, 0.5) is 4.39 Å². The van der Waals surface area contributed by atoms with Gasteiger partial charge in [-0.3, -0.25) is 9.67 Å². The van der Waals surface area contributed by atoms with Crippen molar-refractivity contribution >= 4 is 5.96 Å². The van der Waals surface area contributed by atoms with Crippen molar-refractivity contribution in [1.82, 2.24) is 25.4 Å². The van der Waals surface area contributed by atoms with Gasteiger partial charge in [0.15, 0.2) is 5.96 Å². The van der Waals surface area contributed by atoms with Gasteiger partial charge in [0.05, 0.1) is 5.69 Å². The average Bonchev–Trinajstić information content (AvgIpc) is 3.06. The summed E-state index contributed by atoms with van der Waals surface area (Å²) in [5.41, 5.74) is 3.21. The highest BCUT2D eigenvalue weighted by Gasteiger charge is 2.04. The third-order valence-corrected chi connectivity index (χ3v) is 4.46. The SMILES string of the molecule is CN=C(NCCCn1nc(C)cc1C)NCc1ccnc(Oc2ccc(F)cc2)c1. The maximum Gasteiger partial charge on any atom is 0.219 e. The quantitative estimate of drug-likeness (QED) is 0.337. The molecule has 0 bridgehead atoms. The molecular formula is C22H27FN6O. The Balaban J connectivity index is 1.45. The summed E-state index contributed by atoms with van der Waals surface area (Å²) in [4.78, 5) is 8.46. The van der Waals surface area contributed by atoms with Crippen LogP contribution in [-0.2, 0) is 13.1 Å². The van der Waals surface area contributed by atoms with Crippen LogP contribution in [-0.4, -0.2) is 34.3 Å². The zero-order valence-electron chi connectivity index (χ0n) is 17.5. The summed E-state index contributed by atoms with van der Waals surface area (Å²) in [5.74, 6) is 1.41. The van der Waals surface area contributed by atoms with Gasteiger partial charge in [0.25, 0.3) is 0 Å². The van der Waals surface area contributed by atoms with Crippen LogP contribution in [0, 0.1) is 19.7 Å². The molecule has 0 atom stereocenters. The summed E-state index contributed by atoms with van der Waals surface area (Å²) in [5, 5.41) is 11.1. The third kappa shape index (κ3) is 6.30. The number of hydrogen-bond acceptors (Lipinski definition) is 4. The Morgan fingerprint density at radius 2 is 1.93 bits per heavy atom. The molecule has 0 spiro atoms. The molecule has 30 heavy (non-hydrogen) atoms. The van der Waals surface area contributed by atoms with Crippen molar-refractivity contribution < 1.29 is 9.13 Å². The standard InChI is InChI=1S/C22H27FN6O/c1-16-13-17(2)29(28-16)12-4-10-26-22(24-3)27-15-18-9-11-25-21(14-18)30-20-7-5-19(23)6-8-20/h5-9,11,13-14H,4,10,12,15H2,1-3H3,(H2,24,26,27). The Bertz CT molecular complexity index is 984. The van der Waals surface area contributed by atoms with Crippen LogP contribution in [0.5, 0.6) is 11.6 Å². The number of aryl methyl sites for hydroxylation is 3. The van der Waals surface area contributed by atoms with Gasteiger partial charge in [-0.1, -0.05) is 0 Å². The van der Waals surface area contributed by atoms with Crippen LogP contribution in [0.2, 0.25) is 0 Å². The number of hydrogen-bond donors (Lipinski definition) is 2. The van der Waals surface area contributed by atoms with Crippen LogP contribution in [0.25, 0.3) is 0 Å². The normalized spacial score (nSPS) is 11.4. The minimum Gasteiger partial charge on any atom is -0.439 e. The topological polar surface area (TPSA) is 76.4 Å². The van der Waals surface area contributed by atoms with Gasteiger partial charge in [-0.05, 0) is 62.2 Å². The van der Waals surface area contributed by atoms with Gasteiger partial charge in [0, 0.05) is 44.6 Å². The van der Waals surface area contributed by atoms with Gasteiger partial charge in [0.2, 0.25) is 5.88 Å². The van der Waals surface area contributed by atoms with Crippen molar-refractivity contribution in [2.75, 3.05) is 13.6 Å². The molecule has 8 heteroatoms. The molecule has 0 saturated carbocycles. The number of nitrogens with zero attached hydrogens (tertiary/aromatic N) is 4. The second kappa shape index (κ2) is 10.4. The molecule has 2 aromatic heterocycles. The van der Waals surface area contributed by atoms with E-state index in [0.717, 1.165) is 36.7 Å². The van der Waals surface area contributed by atoms with Crippen molar-refractivity contribution in [2.24, 2.45) is 4.99 Å². The van der Waals surface area contributed by atoms with E-state index in [-0.39, 0.29) is 5.82 Å². The number of pyridine rings is 1. The summed E-state index contributed by atoms with van der Waals surface area (Å²) in [6.07, 6.45) is 2.62. The van der Waals surface area contributed by atoms with Crippen LogP contribution in [0.1, 0.15) is 23.4 Å². The summed E-state index contributed by atoms with van der Waals surface area (Å²) >= 11 is 0. The zero-order valence-corrected chi connectivity index (χ0v) is 17.5. The molecule has 3 rings (SSSR count). The maximum absolute atomic E-state index is 13.0. The Morgan fingerprint density at radius 1 is 1.13 bits per heavy atom. The van der Waals surface area contributed by atoms with Crippen molar-refractivity contribution in [3.63, 3.8) is 0 Å². The van der Waals surface area contributed by atoms with E-state index in [4.69, 9.17) is 4.74 Å². The number of halogens is 1. The smallest absolute Gasteiger partial charge is 0.219 e. The molecule has 2 N–H and O–H groups in total. The molecule has 0 aliphatic rings. The van der Waals surface area contributed by atoms with Gasteiger partial charge in [-0.2, -0.15) is 5.10 Å². The van der Waals surface area contributed by atoms with E-state index in [1.54, 1.807) is 25.4 Å². The predicted molar refractivity (Wildman–Crippen MR) is 115 cm³/mol. The lowest BCUT2D eigenvalue weighted by Crippen LogP contribution is -2.37. The molecule has 158 valence electrons. The second-order valence-electron chi connectivity index (χ2n) is 6.91. The molecule has 0 aliphatic carbocycles. The van der Waals surface area contributed by atoms with Gasteiger partial charge >= 0.3 is 0 Å². The maximum atomic E-state index is 13.0. The second-order valence-corrected chi connectivity index (χ2v) is 6.91. The number of nitrogens with one attached hydrogen (secondary N) is 2. The van der Waals surface area contributed by atoms with E-state index >= 15 is 0 Å². The molecule has 0 radical (unpaired) electrons. The monoisotopic (exact) mass is 410 g/mol. The van der Waals surface area contributed by atoms with E-state index < -0.39 is 0 Å². The Hall–Kier alpha value is -3.42. The lowest BCUT2D eigenvalue weighted by molar-refractivity contribution is 0.460.